The van der Waals surface area contributed by atoms with Gasteiger partial charge in [0, 0.05) is 45.8 Å². The number of hydrogen-bond donors (Lipinski definition) is 1. The third kappa shape index (κ3) is 9.74. The van der Waals surface area contributed by atoms with Crippen LogP contribution in [0.1, 0.15) is 64.7 Å². The number of aliphatic imine (C=N–C) groups is 1. The van der Waals surface area contributed by atoms with E-state index in [2.05, 4.69) is 24.2 Å². The lowest BCUT2D eigenvalue weighted by Gasteiger charge is -2.24. The molecule has 0 amide bonds. The summed E-state index contributed by atoms with van der Waals surface area (Å²) in [6.07, 6.45) is 11.9. The maximum Gasteiger partial charge on any atom is 0.193 e. The van der Waals surface area contributed by atoms with E-state index in [0.29, 0.717) is 12.0 Å². The molecule has 0 bridgehead atoms. The Labute approximate surface area is 177 Å². The fourth-order valence-electron chi connectivity index (χ4n) is 3.73. The smallest absolute Gasteiger partial charge is 0.193 e. The predicted molar refractivity (Wildman–Crippen MR) is 120 cm³/mol. The Morgan fingerprint density at radius 3 is 2.65 bits per heavy atom. The van der Waals surface area contributed by atoms with Crippen LogP contribution in [-0.2, 0) is 9.47 Å². The van der Waals surface area contributed by atoms with Crippen molar-refractivity contribution in [2.45, 2.75) is 70.8 Å². The highest BCUT2D eigenvalue weighted by Gasteiger charge is 2.19. The number of hydrogen-bond acceptors (Lipinski definition) is 3. The van der Waals surface area contributed by atoms with E-state index in [4.69, 9.17) is 14.5 Å². The topological polar surface area (TPSA) is 46.1 Å². The molecular formula is C20H40IN3O2. The van der Waals surface area contributed by atoms with Gasteiger partial charge in [-0.3, -0.25) is 4.99 Å². The summed E-state index contributed by atoms with van der Waals surface area (Å²) in [5, 5.41) is 3.41. The van der Waals surface area contributed by atoms with Crippen LogP contribution < -0.4 is 5.32 Å². The number of halogens is 1. The van der Waals surface area contributed by atoms with Crippen LogP contribution in [0.2, 0.25) is 0 Å². The summed E-state index contributed by atoms with van der Waals surface area (Å²) >= 11 is 0. The second kappa shape index (κ2) is 14.9. The highest BCUT2D eigenvalue weighted by atomic mass is 127. The second-order valence-corrected chi connectivity index (χ2v) is 7.54. The van der Waals surface area contributed by atoms with E-state index >= 15 is 0 Å². The number of guanidine groups is 1. The summed E-state index contributed by atoms with van der Waals surface area (Å²) < 4.78 is 11.5. The molecule has 154 valence electrons. The summed E-state index contributed by atoms with van der Waals surface area (Å²) in [6.45, 7) is 7.71. The van der Waals surface area contributed by atoms with Gasteiger partial charge in [0.15, 0.2) is 5.96 Å². The molecule has 0 aromatic heterocycles. The Morgan fingerprint density at radius 2 is 1.96 bits per heavy atom. The van der Waals surface area contributed by atoms with Crippen molar-refractivity contribution in [3.63, 3.8) is 0 Å². The van der Waals surface area contributed by atoms with Crippen LogP contribution in [-0.4, -0.2) is 63.5 Å². The first kappa shape index (κ1) is 24.0. The largest absolute Gasteiger partial charge is 0.381 e. The zero-order chi connectivity index (χ0) is 17.7. The second-order valence-electron chi connectivity index (χ2n) is 7.54. The fourth-order valence-corrected chi connectivity index (χ4v) is 3.73. The Balaban J connectivity index is 0.00000338. The molecule has 1 saturated carbocycles. The highest BCUT2D eigenvalue weighted by Crippen LogP contribution is 2.20. The van der Waals surface area contributed by atoms with Crippen LogP contribution in [0.15, 0.2) is 4.99 Å². The van der Waals surface area contributed by atoms with Crippen molar-refractivity contribution in [1.82, 2.24) is 10.2 Å². The molecule has 0 spiro atoms. The number of nitrogens with one attached hydrogen (secondary N) is 1. The van der Waals surface area contributed by atoms with Gasteiger partial charge < -0.3 is 19.7 Å². The van der Waals surface area contributed by atoms with Crippen molar-refractivity contribution < 1.29 is 9.47 Å². The monoisotopic (exact) mass is 481 g/mol. The van der Waals surface area contributed by atoms with Crippen molar-refractivity contribution in [3.05, 3.63) is 0 Å². The van der Waals surface area contributed by atoms with Gasteiger partial charge in [-0.2, -0.15) is 0 Å². The zero-order valence-electron chi connectivity index (χ0n) is 16.9. The van der Waals surface area contributed by atoms with Crippen molar-refractivity contribution >= 4 is 29.9 Å². The first-order valence-electron chi connectivity index (χ1n) is 10.5. The van der Waals surface area contributed by atoms with Crippen LogP contribution in [0, 0.1) is 5.92 Å². The molecular weight excluding hydrogens is 441 g/mol. The van der Waals surface area contributed by atoms with Gasteiger partial charge >= 0.3 is 0 Å². The molecule has 2 rings (SSSR count). The van der Waals surface area contributed by atoms with Crippen LogP contribution in [0.25, 0.3) is 0 Å². The summed E-state index contributed by atoms with van der Waals surface area (Å²) in [5.74, 6) is 1.68. The van der Waals surface area contributed by atoms with Gasteiger partial charge in [0.25, 0.3) is 0 Å². The molecule has 2 aliphatic rings. The Morgan fingerprint density at radius 1 is 1.15 bits per heavy atom. The molecule has 5 nitrogen and oxygen atoms in total. The van der Waals surface area contributed by atoms with Gasteiger partial charge in [0.2, 0.25) is 0 Å². The number of nitrogens with zero attached hydrogens (tertiary/aromatic N) is 2. The lowest BCUT2D eigenvalue weighted by molar-refractivity contribution is 0.0264. The fraction of sp³-hybridized carbons (Fsp3) is 0.950. The molecule has 1 N–H and O–H groups in total. The van der Waals surface area contributed by atoms with E-state index in [-0.39, 0.29) is 24.0 Å². The molecule has 0 aromatic rings. The van der Waals surface area contributed by atoms with Gasteiger partial charge in [-0.15, -0.1) is 24.0 Å². The van der Waals surface area contributed by atoms with Crippen molar-refractivity contribution in [2.75, 3.05) is 46.5 Å². The standard InChI is InChI=1S/C20H39N3O2.HI/c1-3-21-20(23(2)16-18-12-15-24-17-18)22-13-8-5-9-14-25-19-10-6-4-7-11-19;/h18-19H,3-17H2,1-2H3,(H,21,22);1H. The molecule has 2 fully saturated rings. The SMILES string of the molecule is CCNC(=NCCCCCOC1CCCCC1)N(C)CC1CCOC1.I. The van der Waals surface area contributed by atoms with Gasteiger partial charge in [0.1, 0.15) is 0 Å². The summed E-state index contributed by atoms with van der Waals surface area (Å²) in [7, 11) is 2.14. The van der Waals surface area contributed by atoms with Crippen LogP contribution in [0.4, 0.5) is 0 Å². The minimum Gasteiger partial charge on any atom is -0.381 e. The normalized spacial score (nSPS) is 21.5. The number of ether oxygens (including phenoxy) is 2. The lowest BCUT2D eigenvalue weighted by Crippen LogP contribution is -2.41. The Hall–Kier alpha value is -0.0800. The van der Waals surface area contributed by atoms with Crippen molar-refractivity contribution in [2.24, 2.45) is 10.9 Å². The van der Waals surface area contributed by atoms with Gasteiger partial charge in [-0.1, -0.05) is 19.3 Å². The van der Waals surface area contributed by atoms with Crippen LogP contribution >= 0.6 is 24.0 Å². The van der Waals surface area contributed by atoms with E-state index in [1.54, 1.807) is 0 Å². The average Bonchev–Trinajstić information content (AvgIpc) is 3.13. The quantitative estimate of drug-likeness (QED) is 0.221. The van der Waals surface area contributed by atoms with Gasteiger partial charge in [0.05, 0.1) is 12.7 Å². The average molecular weight is 481 g/mol. The molecule has 1 aliphatic carbocycles. The molecule has 1 saturated heterocycles. The summed E-state index contributed by atoms with van der Waals surface area (Å²) in [5.41, 5.74) is 0. The first-order valence-corrected chi connectivity index (χ1v) is 10.5. The van der Waals surface area contributed by atoms with Crippen molar-refractivity contribution in [1.29, 1.82) is 0 Å². The maximum absolute atomic E-state index is 5.99. The predicted octanol–water partition coefficient (Wildman–Crippen LogP) is 4.06. The number of unbranched alkanes of at least 4 members (excludes halogenated alkanes) is 2. The summed E-state index contributed by atoms with van der Waals surface area (Å²) in [4.78, 5) is 7.05. The molecule has 0 aromatic carbocycles. The molecule has 1 atom stereocenters. The minimum atomic E-state index is 0. The first-order chi connectivity index (χ1) is 12.3. The van der Waals surface area contributed by atoms with Gasteiger partial charge in [-0.05, 0) is 45.4 Å². The highest BCUT2D eigenvalue weighted by molar-refractivity contribution is 14.0. The molecule has 1 heterocycles. The maximum atomic E-state index is 5.99. The molecule has 6 heteroatoms. The molecule has 1 aliphatic heterocycles. The van der Waals surface area contributed by atoms with Crippen LogP contribution in [0.3, 0.4) is 0 Å². The Bertz CT molecular complexity index is 370. The number of rotatable bonds is 10. The van der Waals surface area contributed by atoms with Gasteiger partial charge in [-0.25, -0.2) is 0 Å². The van der Waals surface area contributed by atoms with E-state index < -0.39 is 0 Å². The van der Waals surface area contributed by atoms with Crippen molar-refractivity contribution in [3.8, 4) is 0 Å². The molecule has 1 unspecified atom stereocenters. The van der Waals surface area contributed by atoms with E-state index in [0.717, 1.165) is 58.3 Å². The molecule has 26 heavy (non-hydrogen) atoms. The van der Waals surface area contributed by atoms with E-state index in [1.807, 2.05) is 0 Å². The lowest BCUT2D eigenvalue weighted by atomic mass is 9.98. The summed E-state index contributed by atoms with van der Waals surface area (Å²) in [6, 6.07) is 0. The Kier molecular flexibility index (Phi) is 13.7. The van der Waals surface area contributed by atoms with Crippen LogP contribution in [0.5, 0.6) is 0 Å². The zero-order valence-corrected chi connectivity index (χ0v) is 19.2. The third-order valence-corrected chi connectivity index (χ3v) is 5.22. The minimum absolute atomic E-state index is 0. The van der Waals surface area contributed by atoms with E-state index in [1.165, 1.54) is 44.9 Å². The third-order valence-electron chi connectivity index (χ3n) is 5.22. The molecule has 0 radical (unpaired) electrons. The van der Waals surface area contributed by atoms with E-state index in [9.17, 15) is 0 Å².